The molecule has 2 aliphatic heterocycles. The Morgan fingerprint density at radius 1 is 0.904 bits per heavy atom. The van der Waals surface area contributed by atoms with Crippen LogP contribution in [0.4, 0.5) is 17.1 Å². The van der Waals surface area contributed by atoms with E-state index >= 15 is 0 Å². The monoisotopic (exact) mass is 708 g/mol. The van der Waals surface area contributed by atoms with Crippen molar-refractivity contribution in [2.24, 2.45) is 24.8 Å². The number of carbonyl (C=O) groups excluding carboxylic acids is 4. The quantitative estimate of drug-likeness (QED) is 0.148. The van der Waals surface area contributed by atoms with Gasteiger partial charge in [-0.15, -0.1) is 0 Å². The van der Waals surface area contributed by atoms with Crippen LogP contribution >= 0.6 is 0 Å². The summed E-state index contributed by atoms with van der Waals surface area (Å²) in [7, 11) is 5.06. The number of fused-ring (bicyclic) bond motifs is 2. The Morgan fingerprint density at radius 2 is 1.67 bits per heavy atom. The molecule has 0 spiro atoms. The second-order valence-electron chi connectivity index (χ2n) is 12.9. The molecule has 4 aromatic rings. The standard InChI is InChI=1S/C38H44N8O6/c1-44-22-25(17-31(44)36(48)40-14-13-39)24-9-11-26(12-10-24)43-37(49)32-18-27(23-45(32)2)42-35(47)8-6-16-52-34-20-30-29(19-33(34)51-3)38(50)46-15-5-4-7-28(46)21-41-30/h9-12,17-23,28H,4-8,13-16,39H2,1-3H3,(H,40,48)(H,42,47)(H,43,49). The molecule has 6 rings (SSSR count). The zero-order valence-corrected chi connectivity index (χ0v) is 29.6. The molecule has 0 bridgehead atoms. The van der Waals surface area contributed by atoms with E-state index < -0.39 is 0 Å². The molecule has 4 heterocycles. The Balaban J connectivity index is 0.996. The van der Waals surface area contributed by atoms with Gasteiger partial charge in [-0.2, -0.15) is 0 Å². The molecule has 1 fully saturated rings. The van der Waals surface area contributed by atoms with Gasteiger partial charge in [0.25, 0.3) is 17.7 Å². The van der Waals surface area contributed by atoms with E-state index in [-0.39, 0.29) is 42.7 Å². The van der Waals surface area contributed by atoms with Gasteiger partial charge in [0.1, 0.15) is 11.4 Å². The van der Waals surface area contributed by atoms with Crippen LogP contribution in [-0.2, 0) is 18.9 Å². The van der Waals surface area contributed by atoms with Gasteiger partial charge in [0.05, 0.1) is 36.7 Å². The summed E-state index contributed by atoms with van der Waals surface area (Å²) in [6.07, 6.45) is 8.94. The fourth-order valence-corrected chi connectivity index (χ4v) is 6.45. The summed E-state index contributed by atoms with van der Waals surface area (Å²) in [5, 5.41) is 8.53. The fraction of sp³-hybridized carbons (Fsp3) is 0.342. The summed E-state index contributed by atoms with van der Waals surface area (Å²) < 4.78 is 14.9. The number of methoxy groups -OCH3 is 1. The maximum atomic E-state index is 13.2. The number of carbonyl (C=O) groups is 4. The Kier molecular flexibility index (Phi) is 11.0. The second-order valence-corrected chi connectivity index (χ2v) is 12.9. The van der Waals surface area contributed by atoms with Gasteiger partial charge in [-0.3, -0.25) is 24.2 Å². The molecule has 272 valence electrons. The van der Waals surface area contributed by atoms with E-state index in [2.05, 4.69) is 20.9 Å². The summed E-state index contributed by atoms with van der Waals surface area (Å²) in [6.45, 7) is 1.71. The molecule has 52 heavy (non-hydrogen) atoms. The summed E-state index contributed by atoms with van der Waals surface area (Å²) in [6, 6.07) is 14.1. The number of anilines is 2. The van der Waals surface area contributed by atoms with Crippen molar-refractivity contribution >= 4 is 46.9 Å². The number of nitrogens with zero attached hydrogens (tertiary/aromatic N) is 4. The van der Waals surface area contributed by atoms with Crippen LogP contribution in [0.3, 0.4) is 0 Å². The van der Waals surface area contributed by atoms with Crippen molar-refractivity contribution in [2.45, 2.75) is 38.1 Å². The highest BCUT2D eigenvalue weighted by Gasteiger charge is 2.31. The molecule has 0 radical (unpaired) electrons. The molecular formula is C38H44N8O6. The van der Waals surface area contributed by atoms with E-state index in [1.165, 1.54) is 7.11 Å². The highest BCUT2D eigenvalue weighted by atomic mass is 16.5. The van der Waals surface area contributed by atoms with Crippen LogP contribution in [-0.4, -0.2) is 83.3 Å². The van der Waals surface area contributed by atoms with E-state index in [9.17, 15) is 19.2 Å². The summed E-state index contributed by atoms with van der Waals surface area (Å²) in [4.78, 5) is 58.0. The summed E-state index contributed by atoms with van der Waals surface area (Å²) >= 11 is 0. The molecule has 2 aliphatic rings. The zero-order chi connectivity index (χ0) is 36.8. The lowest BCUT2D eigenvalue weighted by atomic mass is 10.0. The van der Waals surface area contributed by atoms with Gasteiger partial charge < -0.3 is 45.2 Å². The third-order valence-corrected chi connectivity index (χ3v) is 9.18. The topological polar surface area (TPSA) is 174 Å². The number of piperidine rings is 1. The number of rotatable bonds is 13. The number of aryl methyl sites for hydroxylation is 2. The lowest BCUT2D eigenvalue weighted by molar-refractivity contribution is -0.116. The number of benzene rings is 2. The van der Waals surface area contributed by atoms with Crippen molar-refractivity contribution in [2.75, 3.05) is 44.0 Å². The third-order valence-electron chi connectivity index (χ3n) is 9.18. The lowest BCUT2D eigenvalue weighted by Gasteiger charge is -2.32. The van der Waals surface area contributed by atoms with Crippen LogP contribution in [0.1, 0.15) is 63.4 Å². The first-order chi connectivity index (χ1) is 25.1. The van der Waals surface area contributed by atoms with Crippen LogP contribution in [0.2, 0.25) is 0 Å². The van der Waals surface area contributed by atoms with Crippen molar-refractivity contribution < 1.29 is 28.7 Å². The first-order valence-corrected chi connectivity index (χ1v) is 17.4. The predicted octanol–water partition coefficient (Wildman–Crippen LogP) is 4.49. The highest BCUT2D eigenvalue weighted by molar-refractivity contribution is 6.05. The maximum Gasteiger partial charge on any atom is 0.272 e. The number of nitrogens with two attached hydrogens (primary N) is 1. The number of hydrogen-bond acceptors (Lipinski definition) is 8. The molecular weight excluding hydrogens is 664 g/mol. The predicted molar refractivity (Wildman–Crippen MR) is 199 cm³/mol. The van der Waals surface area contributed by atoms with Crippen LogP contribution in [0.15, 0.2) is 65.9 Å². The summed E-state index contributed by atoms with van der Waals surface area (Å²) in [5.41, 5.74) is 10.3. The minimum Gasteiger partial charge on any atom is -0.493 e. The molecule has 2 aromatic heterocycles. The van der Waals surface area contributed by atoms with E-state index in [4.69, 9.17) is 15.2 Å². The third kappa shape index (κ3) is 8.02. The van der Waals surface area contributed by atoms with Crippen molar-refractivity contribution in [1.82, 2.24) is 19.4 Å². The Labute approximate surface area is 302 Å². The van der Waals surface area contributed by atoms with Crippen LogP contribution in [0, 0.1) is 0 Å². The number of hydrogen-bond donors (Lipinski definition) is 4. The molecule has 14 nitrogen and oxygen atoms in total. The van der Waals surface area contributed by atoms with Crippen LogP contribution in [0.5, 0.6) is 11.5 Å². The van der Waals surface area contributed by atoms with Crippen molar-refractivity contribution in [3.05, 3.63) is 77.9 Å². The minimum absolute atomic E-state index is 0.00426. The van der Waals surface area contributed by atoms with Crippen molar-refractivity contribution in [3.8, 4) is 22.6 Å². The smallest absolute Gasteiger partial charge is 0.272 e. The lowest BCUT2D eigenvalue weighted by Crippen LogP contribution is -2.43. The Bertz CT molecular complexity index is 2000. The number of ether oxygens (including phenoxy) is 2. The molecule has 0 aliphatic carbocycles. The average molecular weight is 709 g/mol. The highest BCUT2D eigenvalue weighted by Crippen LogP contribution is 2.38. The SMILES string of the molecule is COc1cc2c(cc1OCCCC(=O)Nc1cc(C(=O)Nc3ccc(-c4cc(C(=O)NCCN)n(C)c4)cc3)n(C)c1)N=CC1CCCCN1C2=O. The van der Waals surface area contributed by atoms with Crippen molar-refractivity contribution in [1.29, 1.82) is 0 Å². The van der Waals surface area contributed by atoms with Gasteiger partial charge in [-0.05, 0) is 61.6 Å². The largest absolute Gasteiger partial charge is 0.493 e. The fourth-order valence-electron chi connectivity index (χ4n) is 6.45. The number of aromatic nitrogens is 2. The van der Waals surface area contributed by atoms with Gasteiger partial charge in [-0.1, -0.05) is 12.1 Å². The molecule has 2 aromatic carbocycles. The van der Waals surface area contributed by atoms with E-state index in [0.29, 0.717) is 71.6 Å². The Morgan fingerprint density at radius 3 is 2.44 bits per heavy atom. The Hall–Kier alpha value is -5.89. The van der Waals surface area contributed by atoms with E-state index in [0.717, 1.165) is 30.4 Å². The number of nitrogens with one attached hydrogen (secondary N) is 3. The summed E-state index contributed by atoms with van der Waals surface area (Å²) in [5.74, 6) is 0.0810. The molecule has 1 saturated heterocycles. The van der Waals surface area contributed by atoms with Crippen LogP contribution in [0.25, 0.3) is 11.1 Å². The average Bonchev–Trinajstić information content (AvgIpc) is 3.68. The zero-order valence-electron chi connectivity index (χ0n) is 29.6. The van der Waals surface area contributed by atoms with Gasteiger partial charge in [0, 0.05) is 76.1 Å². The van der Waals surface area contributed by atoms with Crippen molar-refractivity contribution in [3.63, 3.8) is 0 Å². The number of aliphatic imine (C=N–C) groups is 1. The minimum atomic E-state index is -0.334. The molecule has 14 heteroatoms. The van der Waals surface area contributed by atoms with Gasteiger partial charge in [0.2, 0.25) is 5.91 Å². The number of amides is 4. The van der Waals surface area contributed by atoms with Gasteiger partial charge >= 0.3 is 0 Å². The van der Waals surface area contributed by atoms with Gasteiger partial charge in [0.15, 0.2) is 11.5 Å². The first-order valence-electron chi connectivity index (χ1n) is 17.4. The molecule has 1 atom stereocenters. The molecule has 5 N–H and O–H groups in total. The first kappa shape index (κ1) is 35.9. The maximum absolute atomic E-state index is 13.2. The normalized spacial score (nSPS) is 15.0. The van der Waals surface area contributed by atoms with Gasteiger partial charge in [-0.25, -0.2) is 0 Å². The van der Waals surface area contributed by atoms with Crippen LogP contribution < -0.4 is 31.2 Å². The second kappa shape index (κ2) is 16.0. The molecule has 4 amide bonds. The molecule has 1 unspecified atom stereocenters. The van der Waals surface area contributed by atoms with E-state index in [1.54, 1.807) is 59.8 Å². The molecule has 0 saturated carbocycles. The van der Waals surface area contributed by atoms with E-state index in [1.807, 2.05) is 35.5 Å².